The molecule has 1 aromatic carbocycles. The molecule has 0 radical (unpaired) electrons. The lowest BCUT2D eigenvalue weighted by Crippen LogP contribution is -2.43. The molecular formula is C14H11N3O3. The number of anilines is 1. The Morgan fingerprint density at radius 3 is 2.75 bits per heavy atom. The number of para-hydroxylation sites is 1. The summed E-state index contributed by atoms with van der Waals surface area (Å²) in [7, 11) is 0. The number of carbonyl (C=O) groups excluding carboxylic acids is 1. The van der Waals surface area contributed by atoms with Crippen molar-refractivity contribution in [3.05, 3.63) is 54.1 Å². The molecule has 3 rings (SSSR count). The van der Waals surface area contributed by atoms with Crippen LogP contribution in [-0.2, 0) is 11.2 Å². The Bertz CT molecular complexity index is 672. The number of carboxylic acid groups (broad SMARTS) is 1. The monoisotopic (exact) mass is 269 g/mol. The van der Waals surface area contributed by atoms with E-state index in [-0.39, 0.29) is 5.69 Å². The Morgan fingerprint density at radius 1 is 1.25 bits per heavy atom. The lowest BCUT2D eigenvalue weighted by Gasteiger charge is -2.21. The lowest BCUT2D eigenvalue weighted by molar-refractivity contribution is -0.138. The summed E-state index contributed by atoms with van der Waals surface area (Å²) in [4.78, 5) is 32.9. The van der Waals surface area contributed by atoms with E-state index in [9.17, 15) is 14.7 Å². The molecule has 0 fully saturated rings. The molecular weight excluding hydrogens is 258 g/mol. The van der Waals surface area contributed by atoms with E-state index in [0.717, 1.165) is 5.56 Å². The molecule has 0 saturated carbocycles. The number of rotatable bonds is 2. The molecule has 0 aliphatic carbocycles. The number of nitrogens with zero attached hydrogens (tertiary/aromatic N) is 3. The first-order valence-corrected chi connectivity index (χ1v) is 6.09. The molecule has 6 heteroatoms. The molecule has 1 atom stereocenters. The SMILES string of the molecule is O=C(O)C1Cc2ccccc2N1C(=O)c1cnccn1. The fourth-order valence-corrected chi connectivity index (χ4v) is 2.37. The van der Waals surface area contributed by atoms with Crippen LogP contribution >= 0.6 is 0 Å². The Balaban J connectivity index is 2.05. The molecule has 2 aromatic rings. The normalized spacial score (nSPS) is 16.8. The first kappa shape index (κ1) is 12.3. The largest absolute Gasteiger partial charge is 0.480 e. The van der Waals surface area contributed by atoms with Gasteiger partial charge in [-0.05, 0) is 11.6 Å². The van der Waals surface area contributed by atoms with E-state index in [2.05, 4.69) is 9.97 Å². The standard InChI is InChI=1S/C14H11N3O3/c18-13(10-8-15-5-6-16-10)17-11-4-2-1-3-9(11)7-12(17)14(19)20/h1-6,8,12H,7H2,(H,19,20). The number of hydrogen-bond donors (Lipinski definition) is 1. The zero-order chi connectivity index (χ0) is 14.1. The van der Waals surface area contributed by atoms with Gasteiger partial charge in [-0.2, -0.15) is 0 Å². The van der Waals surface area contributed by atoms with E-state index in [1.807, 2.05) is 12.1 Å². The van der Waals surface area contributed by atoms with E-state index >= 15 is 0 Å². The predicted molar refractivity (Wildman–Crippen MR) is 70.4 cm³/mol. The zero-order valence-electron chi connectivity index (χ0n) is 10.4. The highest BCUT2D eigenvalue weighted by atomic mass is 16.4. The van der Waals surface area contributed by atoms with Crippen LogP contribution in [0.3, 0.4) is 0 Å². The van der Waals surface area contributed by atoms with Crippen molar-refractivity contribution in [1.82, 2.24) is 9.97 Å². The summed E-state index contributed by atoms with van der Waals surface area (Å²) < 4.78 is 0. The Kier molecular flexibility index (Phi) is 2.90. The van der Waals surface area contributed by atoms with Gasteiger partial charge in [0.1, 0.15) is 11.7 Å². The highest BCUT2D eigenvalue weighted by Gasteiger charge is 2.39. The molecule has 1 N–H and O–H groups in total. The molecule has 1 aliphatic heterocycles. The minimum atomic E-state index is -1.03. The third-order valence-electron chi connectivity index (χ3n) is 3.26. The van der Waals surface area contributed by atoms with Gasteiger partial charge in [-0.15, -0.1) is 0 Å². The van der Waals surface area contributed by atoms with Crippen LogP contribution in [0.15, 0.2) is 42.9 Å². The average molecular weight is 269 g/mol. The van der Waals surface area contributed by atoms with Crippen molar-refractivity contribution in [2.24, 2.45) is 0 Å². The van der Waals surface area contributed by atoms with Gasteiger partial charge >= 0.3 is 5.97 Å². The fraction of sp³-hybridized carbons (Fsp3) is 0.143. The number of hydrogen-bond acceptors (Lipinski definition) is 4. The predicted octanol–water partition coefficient (Wildman–Crippen LogP) is 1.13. The van der Waals surface area contributed by atoms with E-state index in [0.29, 0.717) is 12.1 Å². The van der Waals surface area contributed by atoms with Crippen LogP contribution in [0.4, 0.5) is 5.69 Å². The summed E-state index contributed by atoms with van der Waals surface area (Å²) in [6.45, 7) is 0. The van der Waals surface area contributed by atoms with E-state index in [1.54, 1.807) is 12.1 Å². The molecule has 0 bridgehead atoms. The molecule has 1 amide bonds. The van der Waals surface area contributed by atoms with Crippen LogP contribution in [0.1, 0.15) is 16.1 Å². The molecule has 100 valence electrons. The minimum Gasteiger partial charge on any atom is -0.480 e. The van der Waals surface area contributed by atoms with Crippen molar-refractivity contribution in [1.29, 1.82) is 0 Å². The summed E-state index contributed by atoms with van der Waals surface area (Å²) in [5.41, 5.74) is 1.60. The van der Waals surface area contributed by atoms with E-state index in [4.69, 9.17) is 0 Å². The summed E-state index contributed by atoms with van der Waals surface area (Å²) in [6, 6.07) is 6.28. The van der Waals surface area contributed by atoms with Gasteiger partial charge < -0.3 is 5.11 Å². The van der Waals surface area contributed by atoms with Gasteiger partial charge in [0.25, 0.3) is 5.91 Å². The number of fused-ring (bicyclic) bond motifs is 1. The Morgan fingerprint density at radius 2 is 2.05 bits per heavy atom. The van der Waals surface area contributed by atoms with Crippen molar-refractivity contribution in [2.45, 2.75) is 12.5 Å². The number of benzene rings is 1. The van der Waals surface area contributed by atoms with Crippen molar-refractivity contribution < 1.29 is 14.7 Å². The fourth-order valence-electron chi connectivity index (χ4n) is 2.37. The Hall–Kier alpha value is -2.76. The molecule has 0 saturated heterocycles. The van der Waals surface area contributed by atoms with Gasteiger partial charge in [0.05, 0.1) is 6.20 Å². The van der Waals surface area contributed by atoms with Gasteiger partial charge in [0.15, 0.2) is 0 Å². The van der Waals surface area contributed by atoms with Crippen molar-refractivity contribution >= 4 is 17.6 Å². The number of carboxylic acids is 1. The maximum Gasteiger partial charge on any atom is 0.327 e. The molecule has 1 unspecified atom stereocenters. The van der Waals surface area contributed by atoms with E-state index < -0.39 is 17.9 Å². The second-order valence-electron chi connectivity index (χ2n) is 4.45. The smallest absolute Gasteiger partial charge is 0.327 e. The zero-order valence-corrected chi connectivity index (χ0v) is 10.4. The summed E-state index contributed by atoms with van der Waals surface area (Å²) >= 11 is 0. The highest BCUT2D eigenvalue weighted by molar-refractivity contribution is 6.09. The number of aliphatic carboxylic acids is 1. The number of amides is 1. The molecule has 0 spiro atoms. The molecule has 2 heterocycles. The summed E-state index contributed by atoms with van der Waals surface area (Å²) in [6.07, 6.45) is 4.51. The van der Waals surface area contributed by atoms with Crippen molar-refractivity contribution in [3.8, 4) is 0 Å². The van der Waals surface area contributed by atoms with Gasteiger partial charge in [-0.25, -0.2) is 9.78 Å². The third-order valence-corrected chi connectivity index (χ3v) is 3.26. The van der Waals surface area contributed by atoms with Crippen LogP contribution < -0.4 is 4.90 Å². The van der Waals surface area contributed by atoms with E-state index in [1.165, 1.54) is 23.5 Å². The van der Waals surface area contributed by atoms with Gasteiger partial charge in [-0.3, -0.25) is 14.7 Å². The number of carbonyl (C=O) groups is 2. The summed E-state index contributed by atoms with van der Waals surface area (Å²) in [5, 5.41) is 9.32. The molecule has 20 heavy (non-hydrogen) atoms. The average Bonchev–Trinajstić information content (AvgIpc) is 2.87. The molecule has 6 nitrogen and oxygen atoms in total. The first-order valence-electron chi connectivity index (χ1n) is 6.09. The second-order valence-corrected chi connectivity index (χ2v) is 4.45. The number of aromatic nitrogens is 2. The van der Waals surface area contributed by atoms with Crippen LogP contribution in [0, 0.1) is 0 Å². The van der Waals surface area contributed by atoms with Gasteiger partial charge in [0.2, 0.25) is 0 Å². The van der Waals surface area contributed by atoms with Crippen LogP contribution in [-0.4, -0.2) is 33.0 Å². The maximum atomic E-state index is 12.5. The first-order chi connectivity index (χ1) is 9.68. The Labute approximate surface area is 114 Å². The van der Waals surface area contributed by atoms with Crippen LogP contribution in [0.5, 0.6) is 0 Å². The van der Waals surface area contributed by atoms with Gasteiger partial charge in [-0.1, -0.05) is 18.2 Å². The highest BCUT2D eigenvalue weighted by Crippen LogP contribution is 2.33. The molecule has 1 aromatic heterocycles. The van der Waals surface area contributed by atoms with Crippen LogP contribution in [0.2, 0.25) is 0 Å². The molecule has 1 aliphatic rings. The van der Waals surface area contributed by atoms with Crippen molar-refractivity contribution in [2.75, 3.05) is 4.90 Å². The summed E-state index contributed by atoms with van der Waals surface area (Å²) in [5.74, 6) is -1.48. The quantitative estimate of drug-likeness (QED) is 0.883. The van der Waals surface area contributed by atoms with Gasteiger partial charge in [0, 0.05) is 24.5 Å². The topological polar surface area (TPSA) is 83.4 Å². The van der Waals surface area contributed by atoms with Crippen molar-refractivity contribution in [3.63, 3.8) is 0 Å². The second kappa shape index (κ2) is 4.73. The third kappa shape index (κ3) is 1.91. The maximum absolute atomic E-state index is 12.5. The minimum absolute atomic E-state index is 0.135. The lowest BCUT2D eigenvalue weighted by atomic mass is 10.1. The van der Waals surface area contributed by atoms with Crippen LogP contribution in [0.25, 0.3) is 0 Å².